The number of rotatable bonds is 4. The largest absolute Gasteiger partial charge is 0.497 e. The number of likely N-dealkylation sites (N-methyl/N-ethyl adjacent to an activating group) is 1. The summed E-state index contributed by atoms with van der Waals surface area (Å²) in [4.78, 5) is 2.48. The topological polar surface area (TPSA) is 80.6 Å². The van der Waals surface area contributed by atoms with Crippen LogP contribution in [0.1, 0.15) is 37.0 Å². The van der Waals surface area contributed by atoms with Crippen molar-refractivity contribution in [2.75, 3.05) is 27.2 Å². The van der Waals surface area contributed by atoms with Crippen LogP contribution in [0.15, 0.2) is 29.2 Å². The average molecular weight is 391 g/mol. The van der Waals surface area contributed by atoms with Crippen LogP contribution in [-0.2, 0) is 23.1 Å². The van der Waals surface area contributed by atoms with E-state index >= 15 is 0 Å². The highest BCUT2D eigenvalue weighted by atomic mass is 32.2. The third-order valence-electron chi connectivity index (χ3n) is 5.39. The van der Waals surface area contributed by atoms with Crippen LogP contribution in [0.4, 0.5) is 0 Å². The van der Waals surface area contributed by atoms with E-state index in [9.17, 15) is 8.42 Å². The van der Waals surface area contributed by atoms with Gasteiger partial charge in [0.25, 0.3) is 0 Å². The second-order valence-electron chi connectivity index (χ2n) is 7.17. The number of aromatic nitrogens is 3. The van der Waals surface area contributed by atoms with Gasteiger partial charge in [-0.25, -0.2) is 8.42 Å². The molecule has 9 heteroatoms. The van der Waals surface area contributed by atoms with E-state index in [1.807, 2.05) is 0 Å². The Kier molecular flexibility index (Phi) is 4.92. The second-order valence-corrected chi connectivity index (χ2v) is 9.06. The normalized spacial score (nSPS) is 21.8. The van der Waals surface area contributed by atoms with E-state index in [2.05, 4.69) is 26.7 Å². The monoisotopic (exact) mass is 391 g/mol. The van der Waals surface area contributed by atoms with E-state index in [0.717, 1.165) is 50.5 Å². The molecule has 2 aliphatic heterocycles. The highest BCUT2D eigenvalue weighted by Crippen LogP contribution is 2.35. The van der Waals surface area contributed by atoms with Crippen molar-refractivity contribution in [1.29, 1.82) is 0 Å². The first-order valence-corrected chi connectivity index (χ1v) is 10.7. The van der Waals surface area contributed by atoms with Gasteiger partial charge in [0.05, 0.1) is 24.6 Å². The van der Waals surface area contributed by atoms with Crippen molar-refractivity contribution in [3.63, 3.8) is 0 Å². The molecule has 1 aromatic carbocycles. The van der Waals surface area contributed by atoms with E-state index in [4.69, 9.17) is 4.74 Å². The summed E-state index contributed by atoms with van der Waals surface area (Å²) < 4.78 is 35.5. The number of piperidine rings is 1. The van der Waals surface area contributed by atoms with Crippen molar-refractivity contribution in [1.82, 2.24) is 24.0 Å². The van der Waals surface area contributed by atoms with Crippen LogP contribution < -0.4 is 4.74 Å². The quantitative estimate of drug-likeness (QED) is 0.788. The molecule has 0 radical (unpaired) electrons. The zero-order chi connectivity index (χ0) is 19.0. The van der Waals surface area contributed by atoms with Crippen molar-refractivity contribution in [2.24, 2.45) is 0 Å². The third kappa shape index (κ3) is 3.35. The molecule has 1 saturated heterocycles. The van der Waals surface area contributed by atoms with Crippen molar-refractivity contribution < 1.29 is 13.2 Å². The molecule has 0 N–H and O–H groups in total. The summed E-state index contributed by atoms with van der Waals surface area (Å²) in [6, 6.07) is 6.30. The van der Waals surface area contributed by atoms with E-state index in [0.29, 0.717) is 12.3 Å². The SMILES string of the molecule is COc1ccc(S(=O)(=O)N2CCCCC2c2nnc3n2CCN(C)C3)cc1. The van der Waals surface area contributed by atoms with Crippen molar-refractivity contribution >= 4 is 10.0 Å². The number of methoxy groups -OCH3 is 1. The number of fused-ring (bicyclic) bond motifs is 1. The summed E-state index contributed by atoms with van der Waals surface area (Å²) in [6.07, 6.45) is 2.61. The smallest absolute Gasteiger partial charge is 0.243 e. The molecule has 1 atom stereocenters. The van der Waals surface area contributed by atoms with Crippen LogP contribution in [0.3, 0.4) is 0 Å². The molecule has 2 aromatic rings. The van der Waals surface area contributed by atoms with Crippen molar-refractivity contribution in [3.8, 4) is 5.75 Å². The molecule has 2 aliphatic rings. The predicted octanol–water partition coefficient (Wildman–Crippen LogP) is 1.65. The number of sulfonamides is 1. The Bertz CT molecular complexity index is 910. The summed E-state index contributed by atoms with van der Waals surface area (Å²) >= 11 is 0. The lowest BCUT2D eigenvalue weighted by Crippen LogP contribution is -2.40. The van der Waals surface area contributed by atoms with Gasteiger partial charge in [0.15, 0.2) is 5.82 Å². The van der Waals surface area contributed by atoms with Crippen molar-refractivity contribution in [2.45, 2.75) is 43.3 Å². The van der Waals surface area contributed by atoms with Crippen LogP contribution in [-0.4, -0.2) is 59.6 Å². The third-order valence-corrected chi connectivity index (χ3v) is 7.31. The van der Waals surface area contributed by atoms with Gasteiger partial charge in [-0.05, 0) is 44.2 Å². The molecule has 0 saturated carbocycles. The van der Waals surface area contributed by atoms with Gasteiger partial charge in [-0.15, -0.1) is 10.2 Å². The van der Waals surface area contributed by atoms with E-state index in [1.165, 1.54) is 0 Å². The first-order valence-electron chi connectivity index (χ1n) is 9.27. The number of hydrogen-bond acceptors (Lipinski definition) is 6. The van der Waals surface area contributed by atoms with E-state index in [1.54, 1.807) is 35.7 Å². The molecule has 8 nitrogen and oxygen atoms in total. The maximum atomic E-state index is 13.3. The summed E-state index contributed by atoms with van der Waals surface area (Å²) in [5, 5.41) is 8.73. The fourth-order valence-corrected chi connectivity index (χ4v) is 5.54. The first-order chi connectivity index (χ1) is 13.0. The van der Waals surface area contributed by atoms with Gasteiger partial charge >= 0.3 is 0 Å². The molecule has 27 heavy (non-hydrogen) atoms. The van der Waals surface area contributed by atoms with Crippen LogP contribution in [0, 0.1) is 0 Å². The molecule has 0 amide bonds. The summed E-state index contributed by atoms with van der Waals surface area (Å²) in [5.74, 6) is 2.32. The Hall–Kier alpha value is -1.97. The van der Waals surface area contributed by atoms with Crippen LogP contribution >= 0.6 is 0 Å². The molecule has 4 rings (SSSR count). The van der Waals surface area contributed by atoms with Gasteiger partial charge in [0.2, 0.25) is 10.0 Å². The van der Waals surface area contributed by atoms with Gasteiger partial charge in [0.1, 0.15) is 11.6 Å². The Morgan fingerprint density at radius 2 is 1.85 bits per heavy atom. The summed E-state index contributed by atoms with van der Waals surface area (Å²) in [6.45, 7) is 2.95. The molecular formula is C18H25N5O3S. The lowest BCUT2D eigenvalue weighted by molar-refractivity contribution is 0.224. The number of nitrogens with zero attached hydrogens (tertiary/aromatic N) is 5. The zero-order valence-electron chi connectivity index (χ0n) is 15.7. The Labute approximate surface area is 159 Å². The Morgan fingerprint density at radius 1 is 1.07 bits per heavy atom. The Balaban J connectivity index is 1.68. The molecule has 0 bridgehead atoms. The van der Waals surface area contributed by atoms with Gasteiger partial charge in [-0.2, -0.15) is 4.31 Å². The predicted molar refractivity (Wildman–Crippen MR) is 99.8 cm³/mol. The van der Waals surface area contributed by atoms with Crippen molar-refractivity contribution in [3.05, 3.63) is 35.9 Å². The van der Waals surface area contributed by atoms with Crippen LogP contribution in [0.5, 0.6) is 5.75 Å². The maximum absolute atomic E-state index is 13.3. The van der Waals surface area contributed by atoms with Gasteiger partial charge in [-0.3, -0.25) is 4.90 Å². The minimum absolute atomic E-state index is 0.268. The highest BCUT2D eigenvalue weighted by molar-refractivity contribution is 7.89. The van der Waals surface area contributed by atoms with E-state index < -0.39 is 10.0 Å². The summed E-state index contributed by atoms with van der Waals surface area (Å²) in [7, 11) is 0.00671. The molecular weight excluding hydrogens is 366 g/mol. The minimum Gasteiger partial charge on any atom is -0.497 e. The molecule has 3 heterocycles. The molecule has 0 spiro atoms. The number of benzene rings is 1. The molecule has 1 unspecified atom stereocenters. The number of ether oxygens (including phenoxy) is 1. The maximum Gasteiger partial charge on any atom is 0.243 e. The standard InChI is InChI=1S/C18H25N5O3S/c1-21-11-12-22-17(13-21)19-20-18(22)16-5-3-4-10-23(16)27(24,25)15-8-6-14(26-2)7-9-15/h6-9,16H,3-5,10-13H2,1-2H3. The highest BCUT2D eigenvalue weighted by Gasteiger charge is 2.38. The van der Waals surface area contributed by atoms with Crippen LogP contribution in [0.25, 0.3) is 0 Å². The summed E-state index contributed by atoms with van der Waals surface area (Å²) in [5.41, 5.74) is 0. The first kappa shape index (κ1) is 18.4. The fourth-order valence-electron chi connectivity index (χ4n) is 3.88. The molecule has 0 aliphatic carbocycles. The Morgan fingerprint density at radius 3 is 2.59 bits per heavy atom. The van der Waals surface area contributed by atoms with Gasteiger partial charge in [0, 0.05) is 19.6 Å². The fraction of sp³-hybridized carbons (Fsp3) is 0.556. The minimum atomic E-state index is -3.61. The molecule has 1 fully saturated rings. The van der Waals surface area contributed by atoms with Crippen LogP contribution in [0.2, 0.25) is 0 Å². The lowest BCUT2D eigenvalue weighted by Gasteiger charge is -2.35. The zero-order valence-corrected chi connectivity index (χ0v) is 16.5. The second kappa shape index (κ2) is 7.21. The molecule has 146 valence electrons. The van der Waals surface area contributed by atoms with E-state index in [-0.39, 0.29) is 10.9 Å². The average Bonchev–Trinajstić information content (AvgIpc) is 3.11. The van der Waals surface area contributed by atoms with Gasteiger partial charge < -0.3 is 9.30 Å². The number of hydrogen-bond donors (Lipinski definition) is 0. The lowest BCUT2D eigenvalue weighted by atomic mass is 10.0. The van der Waals surface area contributed by atoms with Gasteiger partial charge in [-0.1, -0.05) is 6.42 Å². The molecule has 1 aromatic heterocycles.